The minimum absolute atomic E-state index is 0. The first kappa shape index (κ1) is 20.9. The topological polar surface area (TPSA) is 97.7 Å². The van der Waals surface area contributed by atoms with E-state index in [0.29, 0.717) is 0 Å². The molecule has 6 nitrogen and oxygen atoms in total. The van der Waals surface area contributed by atoms with Gasteiger partial charge < -0.3 is 3.87 Å². The van der Waals surface area contributed by atoms with Gasteiger partial charge in [-0.25, -0.2) is 8.42 Å². The molecular formula is C8H21LiO6S2Si. The van der Waals surface area contributed by atoms with E-state index in [0.717, 1.165) is 0 Å². The van der Waals surface area contributed by atoms with Gasteiger partial charge in [0.1, 0.15) is 0 Å². The predicted octanol–water partition coefficient (Wildman–Crippen LogP) is 0.577. The van der Waals surface area contributed by atoms with Gasteiger partial charge in [-0.3, -0.25) is 4.55 Å². The Morgan fingerprint density at radius 2 is 1.56 bits per heavy atom. The van der Waals surface area contributed by atoms with Crippen LogP contribution in [-0.2, 0) is 24.1 Å². The van der Waals surface area contributed by atoms with Crippen LogP contribution in [0.4, 0.5) is 0 Å². The van der Waals surface area contributed by atoms with E-state index in [9.17, 15) is 16.8 Å². The molecule has 0 atom stereocenters. The van der Waals surface area contributed by atoms with Gasteiger partial charge in [0.15, 0.2) is 0 Å². The Bertz CT molecular complexity index is 442. The van der Waals surface area contributed by atoms with Gasteiger partial charge in [-0.05, 0) is 25.1 Å². The monoisotopic (exact) mass is 312 g/mol. The predicted molar refractivity (Wildman–Crippen MR) is 75.6 cm³/mol. The van der Waals surface area contributed by atoms with E-state index >= 15 is 0 Å². The van der Waals surface area contributed by atoms with E-state index in [4.69, 9.17) is 8.42 Å². The maximum atomic E-state index is 11.6. The molecule has 10 heteroatoms. The second kappa shape index (κ2) is 7.43. The standard InChI is InChI=1S/C8H20O6S2Si.Li.H/c1-8(2)17(3,4)14-16(12,13)7-5-6-15(9,10)11;;/h8H,5-7H2,1-4H3,(H,9,10,11);;. The number of hydrogen-bond acceptors (Lipinski definition) is 5. The van der Waals surface area contributed by atoms with E-state index in [-0.39, 0.29) is 30.8 Å². The molecule has 0 spiro atoms. The van der Waals surface area contributed by atoms with Crippen molar-refractivity contribution in [1.82, 2.24) is 0 Å². The maximum absolute atomic E-state index is 11.6. The summed E-state index contributed by atoms with van der Waals surface area (Å²) in [6.45, 7) is 7.36. The fourth-order valence-electron chi connectivity index (χ4n) is 0.883. The average Bonchev–Trinajstić information content (AvgIpc) is 1.97. The van der Waals surface area contributed by atoms with E-state index in [2.05, 4.69) is 0 Å². The summed E-state index contributed by atoms with van der Waals surface area (Å²) in [5.41, 5.74) is 0.138. The molecule has 1 N–H and O–H groups in total. The molecule has 0 unspecified atom stereocenters. The van der Waals surface area contributed by atoms with E-state index < -0.39 is 40.1 Å². The van der Waals surface area contributed by atoms with Crippen molar-refractivity contribution in [1.29, 1.82) is 0 Å². The molecule has 0 aliphatic heterocycles. The van der Waals surface area contributed by atoms with Crippen molar-refractivity contribution >= 4 is 47.4 Å². The molecule has 0 radical (unpaired) electrons. The zero-order valence-corrected chi connectivity index (χ0v) is 13.1. The fourth-order valence-corrected chi connectivity index (χ4v) is 5.79. The molecule has 0 saturated carbocycles. The third kappa shape index (κ3) is 9.55. The van der Waals surface area contributed by atoms with Crippen molar-refractivity contribution in [2.24, 2.45) is 0 Å². The first-order chi connectivity index (χ1) is 7.36. The quantitative estimate of drug-likeness (QED) is 0.545. The molecule has 0 aromatic rings. The van der Waals surface area contributed by atoms with E-state index in [1.807, 2.05) is 13.8 Å². The first-order valence-corrected chi connectivity index (χ1v) is 11.4. The molecule has 18 heavy (non-hydrogen) atoms. The van der Waals surface area contributed by atoms with Crippen molar-refractivity contribution in [3.63, 3.8) is 0 Å². The molecular weight excluding hydrogens is 291 g/mol. The zero-order valence-electron chi connectivity index (χ0n) is 10.5. The Kier molecular flexibility index (Phi) is 8.64. The Morgan fingerprint density at radius 3 is 1.89 bits per heavy atom. The molecule has 0 bridgehead atoms. The normalized spacial score (nSPS) is 13.4. The van der Waals surface area contributed by atoms with Crippen molar-refractivity contribution in [2.45, 2.75) is 38.9 Å². The summed E-state index contributed by atoms with van der Waals surface area (Å²) in [4.78, 5) is 0. The van der Waals surface area contributed by atoms with Crippen LogP contribution >= 0.6 is 0 Å². The van der Waals surface area contributed by atoms with Crippen LogP contribution in [0.3, 0.4) is 0 Å². The molecule has 106 valence electrons. The minimum atomic E-state index is -4.12. The van der Waals surface area contributed by atoms with Crippen molar-refractivity contribution < 1.29 is 25.3 Å². The molecule has 0 aromatic carbocycles. The van der Waals surface area contributed by atoms with Crippen LogP contribution in [0.25, 0.3) is 0 Å². The molecule has 0 aromatic heterocycles. The first-order valence-electron chi connectivity index (χ1n) is 5.24. The Morgan fingerprint density at radius 1 is 1.11 bits per heavy atom. The second-order valence-corrected chi connectivity index (χ2v) is 12.9. The van der Waals surface area contributed by atoms with Gasteiger partial charge in [0.2, 0.25) is 8.32 Å². The third-order valence-corrected chi connectivity index (χ3v) is 9.64. The van der Waals surface area contributed by atoms with Crippen LogP contribution in [-0.4, -0.2) is 60.1 Å². The zero-order chi connectivity index (χ0) is 13.9. The molecule has 0 rings (SSSR count). The average molecular weight is 312 g/mol. The van der Waals surface area contributed by atoms with Gasteiger partial charge in [0, 0.05) is 0 Å². The summed E-state index contributed by atoms with van der Waals surface area (Å²) >= 11 is 0. The summed E-state index contributed by atoms with van der Waals surface area (Å²) in [7, 11) is -10.1. The summed E-state index contributed by atoms with van der Waals surface area (Å²) in [6, 6.07) is 0. The fraction of sp³-hybridized carbons (Fsp3) is 1.00. The van der Waals surface area contributed by atoms with Crippen LogP contribution in [0, 0.1) is 0 Å². The van der Waals surface area contributed by atoms with Crippen molar-refractivity contribution in [2.75, 3.05) is 11.5 Å². The van der Waals surface area contributed by atoms with Gasteiger partial charge in [-0.15, -0.1) is 0 Å². The summed E-state index contributed by atoms with van der Waals surface area (Å²) in [6.07, 6.45) is -0.163. The van der Waals surface area contributed by atoms with Crippen molar-refractivity contribution in [3.05, 3.63) is 0 Å². The van der Waals surface area contributed by atoms with E-state index in [1.165, 1.54) is 0 Å². The summed E-state index contributed by atoms with van der Waals surface area (Å²) in [5.74, 6) is -0.963. The molecule has 0 saturated heterocycles. The second-order valence-electron chi connectivity index (χ2n) is 4.74. The van der Waals surface area contributed by atoms with Gasteiger partial charge in [-0.1, -0.05) is 13.8 Å². The molecule has 0 aliphatic carbocycles. The molecule has 0 amide bonds. The number of hydrogen-bond donors (Lipinski definition) is 1. The molecule has 0 fully saturated rings. The molecule has 0 heterocycles. The summed E-state index contributed by atoms with van der Waals surface area (Å²) < 4.78 is 57.6. The van der Waals surface area contributed by atoms with Crippen LogP contribution in [0.15, 0.2) is 0 Å². The Labute approximate surface area is 123 Å². The van der Waals surface area contributed by atoms with Gasteiger partial charge in [-0.2, -0.15) is 8.42 Å². The van der Waals surface area contributed by atoms with Crippen LogP contribution in [0.2, 0.25) is 18.6 Å². The van der Waals surface area contributed by atoms with Crippen LogP contribution in [0.5, 0.6) is 0 Å². The molecule has 0 aliphatic rings. The van der Waals surface area contributed by atoms with Gasteiger partial charge >= 0.3 is 18.9 Å². The van der Waals surface area contributed by atoms with Crippen LogP contribution < -0.4 is 0 Å². The van der Waals surface area contributed by atoms with E-state index in [1.54, 1.807) is 13.1 Å². The van der Waals surface area contributed by atoms with Crippen LogP contribution in [0.1, 0.15) is 20.3 Å². The third-order valence-electron chi connectivity index (χ3n) is 2.53. The number of rotatable bonds is 7. The van der Waals surface area contributed by atoms with Gasteiger partial charge in [0.25, 0.3) is 20.2 Å². The van der Waals surface area contributed by atoms with Crippen molar-refractivity contribution in [3.8, 4) is 0 Å². The Hall–Kier alpha value is 0.634. The summed E-state index contributed by atoms with van der Waals surface area (Å²) in [5, 5.41) is 0. The SMILES string of the molecule is CC(C)[Si](C)(C)OS(=O)(=O)CCCS(=O)(=O)O.[LiH]. The van der Waals surface area contributed by atoms with Gasteiger partial charge in [0.05, 0.1) is 11.5 Å². The Balaban J connectivity index is 0.